The molecule has 0 radical (unpaired) electrons. The summed E-state index contributed by atoms with van der Waals surface area (Å²) in [6.07, 6.45) is 0. The molecule has 0 saturated carbocycles. The zero-order valence-electron chi connectivity index (χ0n) is 11.2. The van der Waals surface area contributed by atoms with Gasteiger partial charge in [0.15, 0.2) is 5.25 Å². The number of phenols is 1. The molecule has 19 heavy (non-hydrogen) atoms. The molecule has 0 saturated heterocycles. The number of benzene rings is 1. The van der Waals surface area contributed by atoms with Gasteiger partial charge in [0.25, 0.3) is 0 Å². The Hall–Kier alpha value is -1.76. The first-order valence-electron chi connectivity index (χ1n) is 5.58. The van der Waals surface area contributed by atoms with Crippen molar-refractivity contribution in [2.75, 3.05) is 11.8 Å². The van der Waals surface area contributed by atoms with Crippen molar-refractivity contribution in [3.05, 3.63) is 23.3 Å². The number of aromatic hydroxyl groups is 1. The van der Waals surface area contributed by atoms with E-state index in [0.717, 1.165) is 7.11 Å². The van der Waals surface area contributed by atoms with Gasteiger partial charge in [0.05, 0.1) is 12.8 Å². The molecule has 0 aliphatic rings. The van der Waals surface area contributed by atoms with Crippen LogP contribution in [0, 0.1) is 13.8 Å². The molecule has 0 heterocycles. The summed E-state index contributed by atoms with van der Waals surface area (Å²) in [5.41, 5.74) is 1.42. The van der Waals surface area contributed by atoms with Crippen LogP contribution in [0.15, 0.2) is 12.1 Å². The van der Waals surface area contributed by atoms with E-state index in [0.29, 0.717) is 16.8 Å². The summed E-state index contributed by atoms with van der Waals surface area (Å²) in [4.78, 5) is 11.3. The average Bonchev–Trinajstić information content (AvgIpc) is 2.33. The van der Waals surface area contributed by atoms with Crippen molar-refractivity contribution < 1.29 is 23.1 Å². The summed E-state index contributed by atoms with van der Waals surface area (Å²) < 4.78 is 30.7. The van der Waals surface area contributed by atoms with Gasteiger partial charge in [-0.1, -0.05) is 0 Å². The first kappa shape index (κ1) is 15.3. The van der Waals surface area contributed by atoms with Gasteiger partial charge < -0.3 is 9.84 Å². The first-order valence-corrected chi connectivity index (χ1v) is 7.13. The normalized spacial score (nSPS) is 12.8. The number of rotatable bonds is 4. The Morgan fingerprint density at radius 3 is 2.42 bits per heavy atom. The molecule has 0 aromatic heterocycles. The van der Waals surface area contributed by atoms with E-state index >= 15 is 0 Å². The molecular formula is C12H17NO5S. The summed E-state index contributed by atoms with van der Waals surface area (Å²) >= 11 is 0. The third-order valence-corrected chi connectivity index (χ3v) is 4.42. The van der Waals surface area contributed by atoms with Crippen molar-refractivity contribution in [3.8, 4) is 5.75 Å². The quantitative estimate of drug-likeness (QED) is 0.643. The summed E-state index contributed by atoms with van der Waals surface area (Å²) in [6, 6.07) is 2.96. The summed E-state index contributed by atoms with van der Waals surface area (Å²) in [5.74, 6) is -0.748. The number of ether oxygens (including phenoxy) is 1. The van der Waals surface area contributed by atoms with Crippen molar-refractivity contribution in [2.45, 2.75) is 26.0 Å². The number of carbonyl (C=O) groups is 1. The van der Waals surface area contributed by atoms with Gasteiger partial charge in [-0.15, -0.1) is 0 Å². The molecule has 6 nitrogen and oxygen atoms in total. The topological polar surface area (TPSA) is 92.7 Å². The number of aryl methyl sites for hydroxylation is 2. The van der Waals surface area contributed by atoms with Crippen LogP contribution in [0.3, 0.4) is 0 Å². The molecule has 1 aromatic rings. The predicted octanol–water partition coefficient (Wildman–Crippen LogP) is 1.31. The lowest BCUT2D eigenvalue weighted by atomic mass is 10.1. The molecule has 1 aromatic carbocycles. The van der Waals surface area contributed by atoms with Crippen LogP contribution in [0.25, 0.3) is 0 Å². The van der Waals surface area contributed by atoms with Crippen molar-refractivity contribution in [3.63, 3.8) is 0 Å². The fourth-order valence-electron chi connectivity index (χ4n) is 1.45. The van der Waals surface area contributed by atoms with Crippen molar-refractivity contribution in [1.29, 1.82) is 0 Å². The third kappa shape index (κ3) is 3.37. The SMILES string of the molecule is COC(=O)C(C)S(=O)(=O)Nc1cc(C)c(O)cc1C. The molecule has 0 fully saturated rings. The molecule has 0 bridgehead atoms. The number of nitrogens with one attached hydrogen (secondary N) is 1. The maximum absolute atomic E-state index is 12.0. The first-order chi connectivity index (χ1) is 8.69. The van der Waals surface area contributed by atoms with E-state index in [1.165, 1.54) is 19.1 Å². The van der Waals surface area contributed by atoms with Gasteiger partial charge in [-0.05, 0) is 44.0 Å². The largest absolute Gasteiger partial charge is 0.508 e. The molecular weight excluding hydrogens is 270 g/mol. The van der Waals surface area contributed by atoms with Crippen LogP contribution in [-0.4, -0.2) is 31.9 Å². The van der Waals surface area contributed by atoms with Gasteiger partial charge in [0.2, 0.25) is 10.0 Å². The van der Waals surface area contributed by atoms with E-state index in [-0.39, 0.29) is 5.75 Å². The average molecular weight is 287 g/mol. The molecule has 106 valence electrons. The zero-order chi connectivity index (χ0) is 14.8. The summed E-state index contributed by atoms with van der Waals surface area (Å²) in [7, 11) is -2.75. The molecule has 1 rings (SSSR count). The minimum Gasteiger partial charge on any atom is -0.508 e. The number of esters is 1. The number of anilines is 1. The summed E-state index contributed by atoms with van der Waals surface area (Å²) in [5, 5.41) is 8.19. The third-order valence-electron chi connectivity index (χ3n) is 2.79. The van der Waals surface area contributed by atoms with Gasteiger partial charge in [-0.3, -0.25) is 9.52 Å². The van der Waals surface area contributed by atoms with E-state index < -0.39 is 21.2 Å². The number of hydrogen-bond acceptors (Lipinski definition) is 5. The highest BCUT2D eigenvalue weighted by Crippen LogP contribution is 2.26. The van der Waals surface area contributed by atoms with E-state index in [1.54, 1.807) is 13.8 Å². The Labute approximate surface area is 112 Å². The second kappa shape index (κ2) is 5.48. The minimum atomic E-state index is -3.88. The van der Waals surface area contributed by atoms with Gasteiger partial charge in [-0.25, -0.2) is 8.42 Å². The highest BCUT2D eigenvalue weighted by atomic mass is 32.2. The number of phenolic OH excluding ortho intramolecular Hbond substituents is 1. The van der Waals surface area contributed by atoms with Crippen molar-refractivity contribution >= 4 is 21.7 Å². The van der Waals surface area contributed by atoms with Crippen molar-refractivity contribution in [1.82, 2.24) is 0 Å². The molecule has 0 aliphatic carbocycles. The summed E-state index contributed by atoms with van der Waals surface area (Å²) in [6.45, 7) is 4.55. The monoisotopic (exact) mass is 287 g/mol. The van der Waals surface area contributed by atoms with Gasteiger partial charge in [0, 0.05) is 0 Å². The van der Waals surface area contributed by atoms with Gasteiger partial charge in [-0.2, -0.15) is 0 Å². The Morgan fingerprint density at radius 1 is 1.32 bits per heavy atom. The number of methoxy groups -OCH3 is 1. The lowest BCUT2D eigenvalue weighted by Crippen LogP contribution is -2.33. The van der Waals surface area contributed by atoms with Crippen molar-refractivity contribution in [2.24, 2.45) is 0 Å². The Balaban J connectivity index is 3.09. The molecule has 2 N–H and O–H groups in total. The second-order valence-corrected chi connectivity index (χ2v) is 6.27. The van der Waals surface area contributed by atoms with Crippen LogP contribution in [0.2, 0.25) is 0 Å². The highest BCUT2D eigenvalue weighted by Gasteiger charge is 2.29. The van der Waals surface area contributed by atoms with Crippen LogP contribution in [0.1, 0.15) is 18.1 Å². The maximum atomic E-state index is 12.0. The van der Waals surface area contributed by atoms with E-state index in [1.807, 2.05) is 0 Å². The second-order valence-electron chi connectivity index (χ2n) is 4.27. The molecule has 1 unspecified atom stereocenters. The van der Waals surface area contributed by atoms with E-state index in [9.17, 15) is 18.3 Å². The van der Waals surface area contributed by atoms with Crippen LogP contribution in [0.4, 0.5) is 5.69 Å². The fraction of sp³-hybridized carbons (Fsp3) is 0.417. The van der Waals surface area contributed by atoms with Crippen LogP contribution in [-0.2, 0) is 19.6 Å². The minimum absolute atomic E-state index is 0.0847. The fourth-order valence-corrected chi connectivity index (χ4v) is 2.50. The Kier molecular flexibility index (Phi) is 4.41. The van der Waals surface area contributed by atoms with E-state index in [4.69, 9.17) is 0 Å². The maximum Gasteiger partial charge on any atom is 0.325 e. The van der Waals surface area contributed by atoms with Crippen LogP contribution >= 0.6 is 0 Å². The van der Waals surface area contributed by atoms with Crippen LogP contribution < -0.4 is 4.72 Å². The van der Waals surface area contributed by atoms with Gasteiger partial charge in [0.1, 0.15) is 5.75 Å². The molecule has 0 aliphatic heterocycles. The lowest BCUT2D eigenvalue weighted by molar-refractivity contribution is -0.139. The molecule has 0 amide bonds. The number of carbonyl (C=O) groups excluding carboxylic acids is 1. The van der Waals surface area contributed by atoms with Crippen LogP contribution in [0.5, 0.6) is 5.75 Å². The number of hydrogen-bond donors (Lipinski definition) is 2. The lowest BCUT2D eigenvalue weighted by Gasteiger charge is -2.15. The molecule has 0 spiro atoms. The molecule has 7 heteroatoms. The Morgan fingerprint density at radius 2 is 1.89 bits per heavy atom. The standard InChI is InChI=1S/C12H17NO5S/c1-7-6-11(14)8(2)5-10(7)13-19(16,17)9(3)12(15)18-4/h5-6,9,13-14H,1-4H3. The Bertz CT molecular complexity index is 594. The predicted molar refractivity (Wildman–Crippen MR) is 71.6 cm³/mol. The highest BCUT2D eigenvalue weighted by molar-refractivity contribution is 7.94. The van der Waals surface area contributed by atoms with Gasteiger partial charge >= 0.3 is 5.97 Å². The zero-order valence-corrected chi connectivity index (χ0v) is 12.0. The molecule has 1 atom stereocenters. The number of sulfonamides is 1. The van der Waals surface area contributed by atoms with E-state index in [2.05, 4.69) is 9.46 Å². The smallest absolute Gasteiger partial charge is 0.325 e.